The van der Waals surface area contributed by atoms with Crippen molar-refractivity contribution in [2.24, 2.45) is 51.8 Å². The van der Waals surface area contributed by atoms with Gasteiger partial charge >= 0.3 is 0 Å². The number of aliphatic imine (C=N–C) groups is 1. The quantitative estimate of drug-likeness (QED) is 0.404. The molecule has 9 atom stereocenters. The van der Waals surface area contributed by atoms with Crippen LogP contribution in [0.25, 0.3) is 0 Å². The topological polar surface area (TPSA) is 41.8 Å². The Morgan fingerprint density at radius 1 is 1.06 bits per heavy atom. The average molecular weight is 480 g/mol. The van der Waals surface area contributed by atoms with Crippen molar-refractivity contribution in [3.05, 3.63) is 35.4 Å². The predicted molar refractivity (Wildman–Crippen MR) is 145 cm³/mol. The lowest BCUT2D eigenvalue weighted by molar-refractivity contribution is -0.129. The molecule has 4 aliphatic carbocycles. The van der Waals surface area contributed by atoms with E-state index in [0.29, 0.717) is 24.5 Å². The lowest BCUT2D eigenvalue weighted by atomic mass is 9.48. The molecule has 35 heavy (non-hydrogen) atoms. The third-order valence-corrected chi connectivity index (χ3v) is 11.3. The molecule has 0 unspecified atom stereocenters. The van der Waals surface area contributed by atoms with E-state index < -0.39 is 5.60 Å². The molecule has 3 nitrogen and oxygen atoms in total. The SMILES string of the molecule is C=NCc1cccc(C[C@@H](C)[C@H]2CC[C@H]3[C@@H]4CC[C@@H]5C[C@@](O)(COCC)CC[C@@H]5[C@H]4CC[C@]23C)c1. The van der Waals surface area contributed by atoms with Crippen LogP contribution < -0.4 is 0 Å². The summed E-state index contributed by atoms with van der Waals surface area (Å²) in [6, 6.07) is 9.04. The smallest absolute Gasteiger partial charge is 0.0883 e. The second-order valence-corrected chi connectivity index (χ2v) is 13.2. The molecule has 4 fully saturated rings. The zero-order chi connectivity index (χ0) is 24.6. The summed E-state index contributed by atoms with van der Waals surface area (Å²) in [5, 5.41) is 11.2. The Kier molecular flexibility index (Phi) is 7.48. The van der Waals surface area contributed by atoms with E-state index in [-0.39, 0.29) is 0 Å². The van der Waals surface area contributed by atoms with Crippen LogP contribution in [-0.2, 0) is 17.7 Å². The number of fused-ring (bicyclic) bond motifs is 5. The molecule has 0 bridgehead atoms. The largest absolute Gasteiger partial charge is 0.387 e. The maximum atomic E-state index is 11.2. The number of nitrogens with zero attached hydrogens (tertiary/aromatic N) is 1. The van der Waals surface area contributed by atoms with Gasteiger partial charge in [-0.15, -0.1) is 0 Å². The molecule has 1 aromatic rings. The standard InChI is InChI=1S/C32H49NO2/c1-5-35-21-32(34)16-14-26-25(19-32)9-10-28-27(26)13-15-31(3)29(11-12-30(28)31)22(2)17-23-7-6-8-24(18-23)20-33-4/h6-8,18,22,25-30,34H,4-5,9-17,19-21H2,1-3H3/t22-,25-,26+,27-,28-,29-,30+,31-,32-/m1/s1. The van der Waals surface area contributed by atoms with Gasteiger partial charge in [-0.05, 0) is 136 Å². The van der Waals surface area contributed by atoms with Gasteiger partial charge in [0.05, 0.1) is 18.8 Å². The first-order chi connectivity index (χ1) is 16.9. The van der Waals surface area contributed by atoms with E-state index in [9.17, 15) is 5.11 Å². The van der Waals surface area contributed by atoms with Crippen molar-refractivity contribution in [3.8, 4) is 0 Å². The van der Waals surface area contributed by atoms with Crippen LogP contribution in [0, 0.1) is 46.8 Å². The highest BCUT2D eigenvalue weighted by atomic mass is 16.5. The monoisotopic (exact) mass is 479 g/mol. The normalized spacial score (nSPS) is 41.5. The fourth-order valence-electron chi connectivity index (χ4n) is 9.86. The Morgan fingerprint density at radius 2 is 1.86 bits per heavy atom. The van der Waals surface area contributed by atoms with E-state index in [4.69, 9.17) is 4.74 Å². The zero-order valence-electron chi connectivity index (χ0n) is 22.6. The van der Waals surface area contributed by atoms with E-state index in [1.807, 2.05) is 6.92 Å². The van der Waals surface area contributed by atoms with Crippen LogP contribution in [0.3, 0.4) is 0 Å². The zero-order valence-corrected chi connectivity index (χ0v) is 22.6. The highest BCUT2D eigenvalue weighted by molar-refractivity contribution is 5.28. The Labute approximate surface area is 214 Å². The minimum Gasteiger partial charge on any atom is -0.387 e. The highest BCUT2D eigenvalue weighted by Gasteiger charge is 2.58. The summed E-state index contributed by atoms with van der Waals surface area (Å²) >= 11 is 0. The second-order valence-electron chi connectivity index (χ2n) is 13.2. The second kappa shape index (κ2) is 10.3. The molecule has 0 spiro atoms. The van der Waals surface area contributed by atoms with Crippen molar-refractivity contribution >= 4 is 6.72 Å². The van der Waals surface area contributed by atoms with Gasteiger partial charge in [0.2, 0.25) is 0 Å². The summed E-state index contributed by atoms with van der Waals surface area (Å²) in [6.07, 6.45) is 12.8. The number of rotatable bonds is 8. The molecular weight excluding hydrogens is 430 g/mol. The lowest BCUT2D eigenvalue weighted by Gasteiger charge is -2.57. The molecule has 1 aromatic carbocycles. The van der Waals surface area contributed by atoms with Crippen LogP contribution >= 0.6 is 0 Å². The van der Waals surface area contributed by atoms with E-state index in [0.717, 1.165) is 54.9 Å². The van der Waals surface area contributed by atoms with Gasteiger partial charge in [-0.1, -0.05) is 38.1 Å². The molecule has 0 saturated heterocycles. The van der Waals surface area contributed by atoms with Crippen LogP contribution in [0.15, 0.2) is 29.3 Å². The molecule has 194 valence electrons. The number of ether oxygens (including phenoxy) is 1. The summed E-state index contributed by atoms with van der Waals surface area (Å²) in [6.45, 7) is 12.9. The van der Waals surface area contributed by atoms with E-state index in [1.54, 1.807) is 0 Å². The molecule has 4 saturated carbocycles. The van der Waals surface area contributed by atoms with Crippen LogP contribution in [0.1, 0.15) is 89.7 Å². The maximum absolute atomic E-state index is 11.2. The molecule has 0 radical (unpaired) electrons. The van der Waals surface area contributed by atoms with Crippen molar-refractivity contribution in [1.29, 1.82) is 0 Å². The Hall–Kier alpha value is -1.19. The summed E-state index contributed by atoms with van der Waals surface area (Å²) < 4.78 is 5.67. The van der Waals surface area contributed by atoms with Crippen molar-refractivity contribution in [3.63, 3.8) is 0 Å². The van der Waals surface area contributed by atoms with Crippen molar-refractivity contribution < 1.29 is 9.84 Å². The highest BCUT2D eigenvalue weighted by Crippen LogP contribution is 2.65. The van der Waals surface area contributed by atoms with E-state index >= 15 is 0 Å². The molecule has 5 rings (SSSR count). The van der Waals surface area contributed by atoms with Gasteiger partial charge in [-0.3, -0.25) is 4.99 Å². The van der Waals surface area contributed by atoms with Gasteiger partial charge in [0.1, 0.15) is 0 Å². The molecule has 1 N–H and O–H groups in total. The van der Waals surface area contributed by atoms with Crippen LogP contribution in [-0.4, -0.2) is 30.6 Å². The summed E-state index contributed by atoms with van der Waals surface area (Å²) in [5.41, 5.74) is 2.71. The molecule has 0 aromatic heterocycles. The van der Waals surface area contributed by atoms with E-state index in [2.05, 4.69) is 49.8 Å². The van der Waals surface area contributed by atoms with Crippen molar-refractivity contribution in [2.45, 2.75) is 97.1 Å². The molecule has 0 amide bonds. The number of aliphatic hydroxyl groups is 1. The average Bonchev–Trinajstić information content (AvgIpc) is 3.20. The van der Waals surface area contributed by atoms with Gasteiger partial charge in [0.25, 0.3) is 0 Å². The summed E-state index contributed by atoms with van der Waals surface area (Å²) in [4.78, 5) is 4.09. The molecule has 3 heteroatoms. The minimum atomic E-state index is -0.569. The van der Waals surface area contributed by atoms with Crippen molar-refractivity contribution in [2.75, 3.05) is 13.2 Å². The maximum Gasteiger partial charge on any atom is 0.0883 e. The number of benzene rings is 1. The summed E-state index contributed by atoms with van der Waals surface area (Å²) in [7, 11) is 0. The van der Waals surface area contributed by atoms with Gasteiger partial charge in [0.15, 0.2) is 0 Å². The van der Waals surface area contributed by atoms with Crippen LogP contribution in [0.2, 0.25) is 0 Å². The fraction of sp³-hybridized carbons (Fsp3) is 0.781. The third kappa shape index (κ3) is 4.89. The van der Waals surface area contributed by atoms with Crippen LogP contribution in [0.5, 0.6) is 0 Å². The molecular formula is C32H49NO2. The number of hydrogen-bond acceptors (Lipinski definition) is 3. The first-order valence-electron chi connectivity index (χ1n) is 14.7. The first kappa shape index (κ1) is 25.5. The Bertz CT molecular complexity index is 884. The van der Waals surface area contributed by atoms with Gasteiger partial charge in [-0.2, -0.15) is 0 Å². The van der Waals surface area contributed by atoms with Crippen LogP contribution in [0.4, 0.5) is 0 Å². The van der Waals surface area contributed by atoms with Gasteiger partial charge in [0, 0.05) is 6.61 Å². The lowest BCUT2D eigenvalue weighted by Crippen LogP contribution is -2.52. The predicted octanol–water partition coefficient (Wildman–Crippen LogP) is 7.10. The molecule has 0 aliphatic heterocycles. The molecule has 4 aliphatic rings. The van der Waals surface area contributed by atoms with Crippen molar-refractivity contribution in [1.82, 2.24) is 0 Å². The van der Waals surface area contributed by atoms with Gasteiger partial charge < -0.3 is 9.84 Å². The fourth-order valence-corrected chi connectivity index (χ4v) is 9.86. The third-order valence-electron chi connectivity index (χ3n) is 11.3. The first-order valence-corrected chi connectivity index (χ1v) is 14.7. The van der Waals surface area contributed by atoms with E-state index in [1.165, 1.54) is 62.5 Å². The molecule has 0 heterocycles. The van der Waals surface area contributed by atoms with Gasteiger partial charge in [-0.25, -0.2) is 0 Å². The number of hydrogen-bond donors (Lipinski definition) is 1. The summed E-state index contributed by atoms with van der Waals surface area (Å²) in [5.74, 6) is 5.87. The Balaban J connectivity index is 1.25. The minimum absolute atomic E-state index is 0.512. The Morgan fingerprint density at radius 3 is 2.66 bits per heavy atom.